The summed E-state index contributed by atoms with van der Waals surface area (Å²) in [6, 6.07) is 0.854. The Morgan fingerprint density at radius 2 is 2.25 bits per heavy atom. The zero-order valence-electron chi connectivity index (χ0n) is 8.31. The second-order valence-electron chi connectivity index (χ2n) is 3.64. The summed E-state index contributed by atoms with van der Waals surface area (Å²) in [5.41, 5.74) is 0. The van der Waals surface area contributed by atoms with Gasteiger partial charge < -0.3 is 10.1 Å². The van der Waals surface area contributed by atoms with Crippen LogP contribution in [0.3, 0.4) is 0 Å². The molecule has 2 nitrogen and oxygen atoms in total. The van der Waals surface area contributed by atoms with Crippen LogP contribution in [0.4, 0.5) is 0 Å². The lowest BCUT2D eigenvalue weighted by Crippen LogP contribution is -2.19. The Morgan fingerprint density at radius 1 is 1.50 bits per heavy atom. The predicted molar refractivity (Wildman–Crippen MR) is 51.3 cm³/mol. The van der Waals surface area contributed by atoms with Crippen molar-refractivity contribution in [1.29, 1.82) is 0 Å². The van der Waals surface area contributed by atoms with Crippen LogP contribution in [0.15, 0.2) is 0 Å². The highest BCUT2D eigenvalue weighted by Crippen LogP contribution is 2.18. The van der Waals surface area contributed by atoms with Crippen molar-refractivity contribution >= 4 is 0 Å². The Morgan fingerprint density at radius 3 is 2.83 bits per heavy atom. The number of ether oxygens (including phenoxy) is 1. The molecule has 1 aliphatic rings. The van der Waals surface area contributed by atoms with Gasteiger partial charge in [-0.2, -0.15) is 0 Å². The van der Waals surface area contributed by atoms with Gasteiger partial charge in [-0.05, 0) is 46.1 Å². The first-order valence-corrected chi connectivity index (χ1v) is 5.18. The first-order chi connectivity index (χ1) is 5.83. The number of rotatable bonds is 7. The van der Waals surface area contributed by atoms with Crippen LogP contribution in [0.2, 0.25) is 0 Å². The van der Waals surface area contributed by atoms with E-state index >= 15 is 0 Å². The van der Waals surface area contributed by atoms with Gasteiger partial charge in [-0.1, -0.05) is 0 Å². The Labute approximate surface area is 75.7 Å². The maximum atomic E-state index is 5.44. The van der Waals surface area contributed by atoms with Crippen LogP contribution >= 0.6 is 0 Å². The van der Waals surface area contributed by atoms with Gasteiger partial charge in [0.05, 0.1) is 6.10 Å². The Hall–Kier alpha value is -0.0800. The second kappa shape index (κ2) is 5.55. The summed E-state index contributed by atoms with van der Waals surface area (Å²) in [6.07, 6.45) is 5.66. The number of nitrogens with one attached hydrogen (secondary N) is 1. The molecule has 1 unspecified atom stereocenters. The van der Waals surface area contributed by atoms with Crippen molar-refractivity contribution in [3.05, 3.63) is 0 Å². The van der Waals surface area contributed by atoms with E-state index in [0.717, 1.165) is 12.6 Å². The maximum Gasteiger partial charge on any atom is 0.0547 e. The minimum absolute atomic E-state index is 0.441. The molecule has 1 atom stereocenters. The largest absolute Gasteiger partial charge is 0.379 e. The molecule has 0 aliphatic heterocycles. The van der Waals surface area contributed by atoms with E-state index in [2.05, 4.69) is 19.2 Å². The summed E-state index contributed by atoms with van der Waals surface area (Å²) in [5.74, 6) is 0. The highest BCUT2D eigenvalue weighted by Gasteiger charge is 2.19. The fraction of sp³-hybridized carbons (Fsp3) is 1.00. The van der Waals surface area contributed by atoms with Crippen molar-refractivity contribution in [2.45, 2.75) is 51.7 Å². The average Bonchev–Trinajstić information content (AvgIpc) is 2.82. The van der Waals surface area contributed by atoms with Crippen molar-refractivity contribution in [3.8, 4) is 0 Å². The van der Waals surface area contributed by atoms with Gasteiger partial charge >= 0.3 is 0 Å². The first kappa shape index (κ1) is 10.0. The highest BCUT2D eigenvalue weighted by atomic mass is 16.5. The molecule has 1 fully saturated rings. The molecule has 0 aromatic rings. The predicted octanol–water partition coefficient (Wildman–Crippen LogP) is 1.94. The Balaban J connectivity index is 1.80. The van der Waals surface area contributed by atoms with E-state index in [1.165, 1.54) is 32.2 Å². The Bertz CT molecular complexity index is 112. The van der Waals surface area contributed by atoms with Crippen molar-refractivity contribution in [2.24, 2.45) is 0 Å². The number of hydrogen-bond acceptors (Lipinski definition) is 2. The van der Waals surface area contributed by atoms with Gasteiger partial charge in [-0.25, -0.2) is 0 Å². The third-order valence-corrected chi connectivity index (χ3v) is 2.25. The summed E-state index contributed by atoms with van der Waals surface area (Å²) >= 11 is 0. The molecule has 1 N–H and O–H groups in total. The van der Waals surface area contributed by atoms with Gasteiger partial charge in [0.25, 0.3) is 0 Å². The van der Waals surface area contributed by atoms with E-state index in [-0.39, 0.29) is 0 Å². The van der Waals surface area contributed by atoms with Crippen LogP contribution in [0.25, 0.3) is 0 Å². The highest BCUT2D eigenvalue weighted by molar-refractivity contribution is 4.80. The fourth-order valence-corrected chi connectivity index (χ4v) is 1.35. The summed E-state index contributed by atoms with van der Waals surface area (Å²) in [5, 5.41) is 3.50. The molecular weight excluding hydrogens is 150 g/mol. The van der Waals surface area contributed by atoms with Gasteiger partial charge in [0.1, 0.15) is 0 Å². The maximum absolute atomic E-state index is 5.44. The molecule has 2 heteroatoms. The zero-order chi connectivity index (χ0) is 8.81. The molecule has 1 aliphatic carbocycles. The monoisotopic (exact) mass is 171 g/mol. The van der Waals surface area contributed by atoms with Crippen LogP contribution in [0.5, 0.6) is 0 Å². The van der Waals surface area contributed by atoms with E-state index in [1.807, 2.05) is 0 Å². The third-order valence-electron chi connectivity index (χ3n) is 2.25. The fourth-order valence-electron chi connectivity index (χ4n) is 1.35. The summed E-state index contributed by atoms with van der Waals surface area (Å²) in [4.78, 5) is 0. The summed E-state index contributed by atoms with van der Waals surface area (Å²) < 4.78 is 5.44. The molecule has 0 aromatic carbocycles. The number of hydrogen-bond donors (Lipinski definition) is 1. The van der Waals surface area contributed by atoms with Crippen molar-refractivity contribution in [3.63, 3.8) is 0 Å². The minimum Gasteiger partial charge on any atom is -0.379 e. The molecule has 1 saturated carbocycles. The molecule has 1 rings (SSSR count). The SMILES string of the molecule is CCOC(C)CCCNC1CC1. The zero-order valence-corrected chi connectivity index (χ0v) is 8.31. The van der Waals surface area contributed by atoms with Crippen LogP contribution < -0.4 is 5.32 Å². The van der Waals surface area contributed by atoms with Gasteiger partial charge in [0.15, 0.2) is 0 Å². The Kier molecular flexibility index (Phi) is 4.62. The van der Waals surface area contributed by atoms with E-state index < -0.39 is 0 Å². The third kappa shape index (κ3) is 4.73. The van der Waals surface area contributed by atoms with Crippen molar-refractivity contribution < 1.29 is 4.74 Å². The second-order valence-corrected chi connectivity index (χ2v) is 3.64. The van der Waals surface area contributed by atoms with Gasteiger partial charge in [0.2, 0.25) is 0 Å². The molecule has 0 radical (unpaired) electrons. The molecule has 12 heavy (non-hydrogen) atoms. The molecule has 0 bridgehead atoms. The summed E-state index contributed by atoms with van der Waals surface area (Å²) in [6.45, 7) is 6.22. The van der Waals surface area contributed by atoms with Crippen LogP contribution in [-0.4, -0.2) is 25.3 Å². The lowest BCUT2D eigenvalue weighted by atomic mass is 10.2. The molecule has 0 aromatic heterocycles. The van der Waals surface area contributed by atoms with Crippen LogP contribution in [-0.2, 0) is 4.74 Å². The smallest absolute Gasteiger partial charge is 0.0547 e. The standard InChI is InChI=1S/C10H21NO/c1-3-12-9(2)5-4-8-11-10-6-7-10/h9-11H,3-8H2,1-2H3. The first-order valence-electron chi connectivity index (χ1n) is 5.18. The van der Waals surface area contributed by atoms with Gasteiger partial charge in [0, 0.05) is 12.6 Å². The van der Waals surface area contributed by atoms with Crippen molar-refractivity contribution in [2.75, 3.05) is 13.2 Å². The molecular formula is C10H21NO. The molecule has 0 heterocycles. The van der Waals surface area contributed by atoms with Gasteiger partial charge in [-0.3, -0.25) is 0 Å². The normalized spacial score (nSPS) is 19.5. The molecule has 0 spiro atoms. The lowest BCUT2D eigenvalue weighted by molar-refractivity contribution is 0.0689. The average molecular weight is 171 g/mol. The molecule has 0 saturated heterocycles. The minimum atomic E-state index is 0.441. The van der Waals surface area contributed by atoms with Crippen molar-refractivity contribution in [1.82, 2.24) is 5.32 Å². The van der Waals surface area contributed by atoms with Crippen LogP contribution in [0, 0.1) is 0 Å². The topological polar surface area (TPSA) is 21.3 Å². The van der Waals surface area contributed by atoms with E-state index in [0.29, 0.717) is 6.10 Å². The lowest BCUT2D eigenvalue weighted by Gasteiger charge is -2.10. The molecule has 0 amide bonds. The van der Waals surface area contributed by atoms with E-state index in [4.69, 9.17) is 4.74 Å². The van der Waals surface area contributed by atoms with Gasteiger partial charge in [-0.15, -0.1) is 0 Å². The van der Waals surface area contributed by atoms with E-state index in [1.54, 1.807) is 0 Å². The molecule has 72 valence electrons. The van der Waals surface area contributed by atoms with E-state index in [9.17, 15) is 0 Å². The summed E-state index contributed by atoms with van der Waals surface area (Å²) in [7, 11) is 0. The quantitative estimate of drug-likeness (QED) is 0.591. The van der Waals surface area contributed by atoms with Crippen LogP contribution in [0.1, 0.15) is 39.5 Å².